The van der Waals surface area contributed by atoms with E-state index in [1.165, 1.54) is 0 Å². The Morgan fingerprint density at radius 2 is 2.00 bits per heavy atom. The normalized spacial score (nSPS) is 45.1. The number of aliphatic carboxylic acids is 1. The molecule has 0 aromatic heterocycles. The van der Waals surface area contributed by atoms with E-state index in [0.29, 0.717) is 11.8 Å². The molecular formula is C7H11NO2. The largest absolute Gasteiger partial charge is 0.481 e. The predicted molar refractivity (Wildman–Crippen MR) is 35.6 cm³/mol. The van der Waals surface area contributed by atoms with E-state index in [0.717, 1.165) is 13.1 Å². The van der Waals surface area contributed by atoms with E-state index in [1.54, 1.807) is 0 Å². The quantitative estimate of drug-likeness (QED) is 0.553. The lowest BCUT2D eigenvalue weighted by atomic mass is 10.3. The molecule has 10 heavy (non-hydrogen) atoms. The number of fused-ring (bicyclic) bond motifs is 1. The lowest BCUT2D eigenvalue weighted by molar-refractivity contribution is -0.139. The van der Waals surface area contributed by atoms with Gasteiger partial charge >= 0.3 is 5.97 Å². The van der Waals surface area contributed by atoms with Crippen LogP contribution in [0.2, 0.25) is 0 Å². The lowest BCUT2D eigenvalue weighted by Gasteiger charge is -2.09. The lowest BCUT2D eigenvalue weighted by Crippen LogP contribution is -2.21. The highest BCUT2D eigenvalue weighted by atomic mass is 16.4. The van der Waals surface area contributed by atoms with Gasteiger partial charge in [-0.25, -0.2) is 0 Å². The average molecular weight is 141 g/mol. The van der Waals surface area contributed by atoms with Crippen molar-refractivity contribution >= 4 is 5.97 Å². The Morgan fingerprint density at radius 3 is 2.40 bits per heavy atom. The first-order chi connectivity index (χ1) is 4.70. The molecule has 0 bridgehead atoms. The molecule has 2 rings (SSSR count). The molecule has 1 saturated carbocycles. The van der Waals surface area contributed by atoms with Gasteiger partial charge in [-0.2, -0.15) is 0 Å². The fourth-order valence-electron chi connectivity index (χ4n) is 2.10. The molecule has 1 saturated heterocycles. The summed E-state index contributed by atoms with van der Waals surface area (Å²) in [6.07, 6.45) is 0. The van der Waals surface area contributed by atoms with Crippen LogP contribution in [0.3, 0.4) is 0 Å². The first kappa shape index (κ1) is 6.16. The predicted octanol–water partition coefficient (Wildman–Crippen LogP) is -0.121. The van der Waals surface area contributed by atoms with Crippen molar-refractivity contribution in [3.05, 3.63) is 0 Å². The summed E-state index contributed by atoms with van der Waals surface area (Å²) in [5.74, 6) is 0.351. The van der Waals surface area contributed by atoms with Crippen molar-refractivity contribution in [3.8, 4) is 0 Å². The van der Waals surface area contributed by atoms with Gasteiger partial charge in [0.2, 0.25) is 0 Å². The van der Waals surface area contributed by atoms with Crippen molar-refractivity contribution < 1.29 is 9.90 Å². The fourth-order valence-corrected chi connectivity index (χ4v) is 2.10. The van der Waals surface area contributed by atoms with Crippen molar-refractivity contribution in [2.45, 2.75) is 0 Å². The molecule has 1 heterocycles. The number of carbonyl (C=O) groups is 1. The minimum absolute atomic E-state index is 0.00352. The average Bonchev–Trinajstić information content (AvgIpc) is 2.32. The van der Waals surface area contributed by atoms with Crippen LogP contribution < -0.4 is 0 Å². The molecule has 56 valence electrons. The van der Waals surface area contributed by atoms with Crippen LogP contribution in [0.4, 0.5) is 0 Å². The van der Waals surface area contributed by atoms with E-state index < -0.39 is 5.97 Å². The highest BCUT2D eigenvalue weighted by Crippen LogP contribution is 2.51. The second kappa shape index (κ2) is 1.72. The van der Waals surface area contributed by atoms with Gasteiger partial charge in [0.1, 0.15) is 0 Å². The van der Waals surface area contributed by atoms with Gasteiger partial charge in [-0.1, -0.05) is 0 Å². The van der Waals surface area contributed by atoms with Crippen LogP contribution >= 0.6 is 0 Å². The Bertz CT molecular complexity index is 168. The summed E-state index contributed by atoms with van der Waals surface area (Å²) in [6, 6.07) is 0. The maximum atomic E-state index is 10.5. The molecule has 1 N–H and O–H groups in total. The molecule has 1 aliphatic heterocycles. The van der Waals surface area contributed by atoms with E-state index >= 15 is 0 Å². The van der Waals surface area contributed by atoms with Crippen molar-refractivity contribution in [3.63, 3.8) is 0 Å². The van der Waals surface area contributed by atoms with Gasteiger partial charge in [0, 0.05) is 13.1 Å². The van der Waals surface area contributed by atoms with E-state index in [-0.39, 0.29) is 5.92 Å². The zero-order chi connectivity index (χ0) is 7.30. The Balaban J connectivity index is 1.98. The molecule has 1 aliphatic carbocycles. The summed E-state index contributed by atoms with van der Waals surface area (Å²) in [7, 11) is 2.05. The third-order valence-corrected chi connectivity index (χ3v) is 2.66. The molecule has 2 aliphatic rings. The van der Waals surface area contributed by atoms with E-state index in [9.17, 15) is 4.79 Å². The van der Waals surface area contributed by atoms with Crippen LogP contribution in [0.15, 0.2) is 0 Å². The van der Waals surface area contributed by atoms with Crippen LogP contribution in [-0.2, 0) is 4.79 Å². The molecule has 3 nitrogen and oxygen atoms in total. The number of hydrogen-bond acceptors (Lipinski definition) is 2. The summed E-state index contributed by atoms with van der Waals surface area (Å²) < 4.78 is 0. The van der Waals surface area contributed by atoms with E-state index in [1.807, 2.05) is 7.05 Å². The summed E-state index contributed by atoms with van der Waals surface area (Å²) in [5, 5.41) is 8.63. The van der Waals surface area contributed by atoms with Gasteiger partial charge in [-0.3, -0.25) is 4.79 Å². The maximum Gasteiger partial charge on any atom is 0.307 e. The van der Waals surface area contributed by atoms with Crippen LogP contribution in [0.5, 0.6) is 0 Å². The number of nitrogens with zero attached hydrogens (tertiary/aromatic N) is 1. The molecule has 0 aromatic carbocycles. The first-order valence-corrected chi connectivity index (χ1v) is 3.61. The third kappa shape index (κ3) is 0.669. The molecule has 3 atom stereocenters. The molecule has 0 amide bonds. The topological polar surface area (TPSA) is 40.5 Å². The number of piperidine rings is 1. The molecule has 2 fully saturated rings. The first-order valence-electron chi connectivity index (χ1n) is 3.61. The van der Waals surface area contributed by atoms with Crippen molar-refractivity contribution in [2.75, 3.05) is 20.1 Å². The van der Waals surface area contributed by atoms with Gasteiger partial charge in [-0.05, 0) is 18.9 Å². The minimum Gasteiger partial charge on any atom is -0.481 e. The van der Waals surface area contributed by atoms with Gasteiger partial charge < -0.3 is 10.0 Å². The number of hydrogen-bond donors (Lipinski definition) is 1. The maximum absolute atomic E-state index is 10.5. The molecule has 0 unspecified atom stereocenters. The number of rotatable bonds is 1. The second-order valence-electron chi connectivity index (χ2n) is 3.41. The standard InChI is InChI=1S/C7H11NO2/c1-8-2-4-5(3-8)6(4)7(9)10/h4-6H,2-3H2,1H3,(H,9,10)/t4-,5+,6-. The van der Waals surface area contributed by atoms with Crippen molar-refractivity contribution in [1.82, 2.24) is 4.90 Å². The fraction of sp³-hybridized carbons (Fsp3) is 0.857. The minimum atomic E-state index is -0.594. The summed E-state index contributed by atoms with van der Waals surface area (Å²) in [6.45, 7) is 1.98. The Labute approximate surface area is 59.6 Å². The summed E-state index contributed by atoms with van der Waals surface area (Å²) in [5.41, 5.74) is 0. The second-order valence-corrected chi connectivity index (χ2v) is 3.41. The zero-order valence-corrected chi connectivity index (χ0v) is 5.95. The van der Waals surface area contributed by atoms with Gasteiger partial charge in [0.25, 0.3) is 0 Å². The Kier molecular flexibility index (Phi) is 1.06. The Morgan fingerprint density at radius 1 is 1.50 bits per heavy atom. The van der Waals surface area contributed by atoms with Crippen LogP contribution in [0.25, 0.3) is 0 Å². The van der Waals surface area contributed by atoms with Crippen molar-refractivity contribution in [1.29, 1.82) is 0 Å². The summed E-state index contributed by atoms with van der Waals surface area (Å²) in [4.78, 5) is 12.7. The van der Waals surface area contributed by atoms with E-state index in [4.69, 9.17) is 5.11 Å². The molecule has 0 aromatic rings. The zero-order valence-electron chi connectivity index (χ0n) is 5.95. The highest BCUT2D eigenvalue weighted by molar-refractivity contribution is 5.74. The highest BCUT2D eigenvalue weighted by Gasteiger charge is 2.58. The van der Waals surface area contributed by atoms with Gasteiger partial charge in [-0.15, -0.1) is 0 Å². The van der Waals surface area contributed by atoms with Crippen molar-refractivity contribution in [2.24, 2.45) is 17.8 Å². The Hall–Kier alpha value is -0.570. The number of likely N-dealkylation sites (tertiary alicyclic amines) is 1. The third-order valence-electron chi connectivity index (χ3n) is 2.66. The monoisotopic (exact) mass is 141 g/mol. The van der Waals surface area contributed by atoms with Crippen LogP contribution in [0.1, 0.15) is 0 Å². The van der Waals surface area contributed by atoms with E-state index in [2.05, 4.69) is 4.90 Å². The summed E-state index contributed by atoms with van der Waals surface area (Å²) >= 11 is 0. The van der Waals surface area contributed by atoms with Crippen LogP contribution in [0, 0.1) is 17.8 Å². The van der Waals surface area contributed by atoms with Crippen LogP contribution in [-0.4, -0.2) is 36.1 Å². The number of carboxylic acid groups (broad SMARTS) is 1. The number of carboxylic acids is 1. The SMILES string of the molecule is CN1C[C@@H]2[C@H](C1)[C@@H]2C(=O)O. The van der Waals surface area contributed by atoms with Gasteiger partial charge in [0.05, 0.1) is 5.92 Å². The molecule has 3 heteroatoms. The molecule has 0 radical (unpaired) electrons. The molecule has 0 spiro atoms. The van der Waals surface area contributed by atoms with Gasteiger partial charge in [0.15, 0.2) is 0 Å². The smallest absolute Gasteiger partial charge is 0.307 e. The molecular weight excluding hydrogens is 130 g/mol.